The first-order chi connectivity index (χ1) is 14.6. The van der Waals surface area contributed by atoms with E-state index in [2.05, 4.69) is 20.3 Å². The second-order valence-electron chi connectivity index (χ2n) is 7.21. The Morgan fingerprint density at radius 2 is 1.70 bits per heavy atom. The number of aryl methyl sites for hydroxylation is 2. The monoisotopic (exact) mass is 394 g/mol. The lowest BCUT2D eigenvalue weighted by atomic mass is 10.0. The fourth-order valence-electron chi connectivity index (χ4n) is 3.37. The maximum absolute atomic E-state index is 12.5. The number of aromatic nitrogens is 3. The summed E-state index contributed by atoms with van der Waals surface area (Å²) in [4.78, 5) is 25.6. The minimum absolute atomic E-state index is 0.0747. The van der Waals surface area contributed by atoms with E-state index in [4.69, 9.17) is 0 Å². The Labute approximate surface area is 175 Å². The number of benzene rings is 1. The zero-order valence-electron chi connectivity index (χ0n) is 17.0. The van der Waals surface area contributed by atoms with E-state index in [9.17, 15) is 4.79 Å². The van der Waals surface area contributed by atoms with Crippen molar-refractivity contribution in [2.24, 2.45) is 0 Å². The van der Waals surface area contributed by atoms with Crippen molar-refractivity contribution in [3.63, 3.8) is 0 Å². The summed E-state index contributed by atoms with van der Waals surface area (Å²) < 4.78 is 0. The Bertz CT molecular complexity index is 1170. The minimum atomic E-state index is -0.0747. The largest absolute Gasteiger partial charge is 0.326 e. The number of hydrogen-bond acceptors (Lipinski definition) is 4. The van der Waals surface area contributed by atoms with Gasteiger partial charge in [-0.25, -0.2) is 0 Å². The van der Waals surface area contributed by atoms with Crippen molar-refractivity contribution in [3.05, 3.63) is 96.1 Å². The molecule has 1 amide bonds. The molecule has 0 unspecified atom stereocenters. The Balaban J connectivity index is 1.42. The summed E-state index contributed by atoms with van der Waals surface area (Å²) in [7, 11) is 0. The molecule has 30 heavy (non-hydrogen) atoms. The van der Waals surface area contributed by atoms with E-state index in [-0.39, 0.29) is 12.3 Å². The van der Waals surface area contributed by atoms with Gasteiger partial charge in [0.2, 0.25) is 5.91 Å². The third kappa shape index (κ3) is 4.58. The first-order valence-corrected chi connectivity index (χ1v) is 9.78. The fraction of sp³-hybridized carbons (Fsp3) is 0.120. The Hall–Kier alpha value is -3.86. The van der Waals surface area contributed by atoms with Crippen LogP contribution in [0, 0.1) is 13.8 Å². The van der Waals surface area contributed by atoms with E-state index in [1.807, 2.05) is 74.5 Å². The normalized spacial score (nSPS) is 10.6. The second kappa shape index (κ2) is 8.66. The van der Waals surface area contributed by atoms with Gasteiger partial charge in [-0.1, -0.05) is 24.3 Å². The van der Waals surface area contributed by atoms with E-state index in [0.29, 0.717) is 0 Å². The maximum atomic E-state index is 12.5. The molecule has 0 saturated carbocycles. The highest BCUT2D eigenvalue weighted by Crippen LogP contribution is 2.22. The molecular weight excluding hydrogens is 372 g/mol. The average Bonchev–Trinajstić information content (AvgIpc) is 2.75. The molecule has 3 heterocycles. The molecule has 1 N–H and O–H groups in total. The van der Waals surface area contributed by atoms with Gasteiger partial charge in [-0.15, -0.1) is 0 Å². The molecule has 0 spiro atoms. The molecule has 0 aliphatic rings. The van der Waals surface area contributed by atoms with Gasteiger partial charge in [0.15, 0.2) is 0 Å². The number of amides is 1. The van der Waals surface area contributed by atoms with Crippen molar-refractivity contribution in [2.45, 2.75) is 20.3 Å². The highest BCUT2D eigenvalue weighted by molar-refractivity contribution is 5.92. The number of rotatable bonds is 5. The molecule has 148 valence electrons. The van der Waals surface area contributed by atoms with Crippen molar-refractivity contribution in [1.29, 1.82) is 0 Å². The van der Waals surface area contributed by atoms with Crippen molar-refractivity contribution in [1.82, 2.24) is 15.0 Å². The Morgan fingerprint density at radius 1 is 0.867 bits per heavy atom. The van der Waals surface area contributed by atoms with Crippen LogP contribution in [0.3, 0.4) is 0 Å². The number of anilines is 1. The van der Waals surface area contributed by atoms with Gasteiger partial charge in [0.1, 0.15) is 0 Å². The van der Waals surface area contributed by atoms with Gasteiger partial charge in [-0.3, -0.25) is 19.7 Å². The standard InChI is InChI=1S/C25H22N4O/c1-17-13-19(16-28-25(17)21-10-12-26-18(2)14-21)15-24(30)29-22-8-6-20(7-9-22)23-5-3-4-11-27-23/h3-14,16H,15H2,1-2H3,(H,29,30). The summed E-state index contributed by atoms with van der Waals surface area (Å²) in [6.07, 6.45) is 5.59. The van der Waals surface area contributed by atoms with Gasteiger partial charge in [0.25, 0.3) is 0 Å². The zero-order chi connectivity index (χ0) is 20.9. The summed E-state index contributed by atoms with van der Waals surface area (Å²) in [6.45, 7) is 3.97. The predicted octanol–water partition coefficient (Wildman–Crippen LogP) is 5.00. The topological polar surface area (TPSA) is 67.8 Å². The van der Waals surface area contributed by atoms with Gasteiger partial charge in [0, 0.05) is 41.1 Å². The van der Waals surface area contributed by atoms with Gasteiger partial charge < -0.3 is 5.32 Å². The third-order valence-corrected chi connectivity index (χ3v) is 4.80. The lowest BCUT2D eigenvalue weighted by Gasteiger charge is -2.09. The van der Waals surface area contributed by atoms with E-state index < -0.39 is 0 Å². The van der Waals surface area contributed by atoms with Crippen LogP contribution in [0.1, 0.15) is 16.8 Å². The van der Waals surface area contributed by atoms with Gasteiger partial charge >= 0.3 is 0 Å². The van der Waals surface area contributed by atoms with E-state index >= 15 is 0 Å². The molecule has 3 aromatic heterocycles. The van der Waals surface area contributed by atoms with E-state index in [0.717, 1.165) is 45.0 Å². The lowest BCUT2D eigenvalue weighted by Crippen LogP contribution is -2.14. The number of carbonyl (C=O) groups is 1. The molecule has 0 aliphatic heterocycles. The van der Waals surface area contributed by atoms with Crippen LogP contribution < -0.4 is 5.32 Å². The Kier molecular flexibility index (Phi) is 5.61. The maximum Gasteiger partial charge on any atom is 0.228 e. The molecule has 0 aliphatic carbocycles. The lowest BCUT2D eigenvalue weighted by molar-refractivity contribution is -0.115. The number of hydrogen-bond donors (Lipinski definition) is 1. The van der Waals surface area contributed by atoms with Crippen molar-refractivity contribution >= 4 is 11.6 Å². The summed E-state index contributed by atoms with van der Waals surface area (Å²) >= 11 is 0. The molecule has 1 aromatic carbocycles. The number of pyridine rings is 3. The van der Waals surface area contributed by atoms with Crippen LogP contribution in [0.15, 0.2) is 79.3 Å². The summed E-state index contributed by atoms with van der Waals surface area (Å²) in [5, 5.41) is 2.95. The van der Waals surface area contributed by atoms with Crippen molar-refractivity contribution < 1.29 is 4.79 Å². The smallest absolute Gasteiger partial charge is 0.228 e. The van der Waals surface area contributed by atoms with Gasteiger partial charge in [-0.2, -0.15) is 0 Å². The van der Waals surface area contributed by atoms with Crippen LogP contribution in [0.25, 0.3) is 22.5 Å². The molecule has 0 bridgehead atoms. The van der Waals surface area contributed by atoms with E-state index in [1.165, 1.54) is 0 Å². The molecule has 5 heteroatoms. The number of carbonyl (C=O) groups excluding carboxylic acids is 1. The average molecular weight is 394 g/mol. The second-order valence-corrected chi connectivity index (χ2v) is 7.21. The van der Waals surface area contributed by atoms with Crippen molar-refractivity contribution in [2.75, 3.05) is 5.32 Å². The molecule has 5 nitrogen and oxygen atoms in total. The minimum Gasteiger partial charge on any atom is -0.326 e. The van der Waals surface area contributed by atoms with Crippen LogP contribution in [0.2, 0.25) is 0 Å². The molecule has 4 aromatic rings. The molecule has 4 rings (SSSR count). The highest BCUT2D eigenvalue weighted by Gasteiger charge is 2.09. The van der Waals surface area contributed by atoms with Gasteiger partial charge in [-0.05, 0) is 61.4 Å². The molecular formula is C25H22N4O. The first kappa shape index (κ1) is 19.5. The summed E-state index contributed by atoms with van der Waals surface area (Å²) in [6, 6.07) is 19.5. The quantitative estimate of drug-likeness (QED) is 0.517. The Morgan fingerprint density at radius 3 is 2.40 bits per heavy atom. The van der Waals surface area contributed by atoms with Crippen molar-refractivity contribution in [3.8, 4) is 22.5 Å². The predicted molar refractivity (Wildman–Crippen MR) is 119 cm³/mol. The molecule has 0 atom stereocenters. The zero-order valence-corrected chi connectivity index (χ0v) is 17.0. The summed E-state index contributed by atoms with van der Waals surface area (Å²) in [5.74, 6) is -0.0747. The molecule has 0 saturated heterocycles. The van der Waals surface area contributed by atoms with Crippen LogP contribution in [-0.4, -0.2) is 20.9 Å². The van der Waals surface area contributed by atoms with Crippen LogP contribution in [-0.2, 0) is 11.2 Å². The fourth-order valence-corrected chi connectivity index (χ4v) is 3.37. The summed E-state index contributed by atoms with van der Waals surface area (Å²) in [5.41, 5.74) is 7.48. The number of nitrogens with one attached hydrogen (secondary N) is 1. The number of nitrogens with zero attached hydrogens (tertiary/aromatic N) is 3. The SMILES string of the molecule is Cc1cc(-c2ncc(CC(=O)Nc3ccc(-c4ccccn4)cc3)cc2C)ccn1. The highest BCUT2D eigenvalue weighted by atomic mass is 16.1. The van der Waals surface area contributed by atoms with E-state index in [1.54, 1.807) is 18.6 Å². The van der Waals surface area contributed by atoms with Crippen LogP contribution in [0.4, 0.5) is 5.69 Å². The van der Waals surface area contributed by atoms with Crippen LogP contribution in [0.5, 0.6) is 0 Å². The third-order valence-electron chi connectivity index (χ3n) is 4.80. The van der Waals surface area contributed by atoms with Crippen LogP contribution >= 0.6 is 0 Å². The first-order valence-electron chi connectivity index (χ1n) is 9.78. The van der Waals surface area contributed by atoms with Gasteiger partial charge in [0.05, 0.1) is 17.8 Å². The molecule has 0 radical (unpaired) electrons. The molecule has 0 fully saturated rings.